The maximum atomic E-state index is 12.1. The summed E-state index contributed by atoms with van der Waals surface area (Å²) in [7, 11) is 0. The average molecular weight is 324 g/mol. The predicted molar refractivity (Wildman–Crippen MR) is 91.0 cm³/mol. The molecule has 3 rings (SSSR count). The normalized spacial score (nSPS) is 10.3. The van der Waals surface area contributed by atoms with Crippen LogP contribution >= 0.6 is 11.6 Å². The van der Waals surface area contributed by atoms with Gasteiger partial charge in [-0.25, -0.2) is 0 Å². The lowest BCUT2D eigenvalue weighted by atomic mass is 10.1. The molecule has 114 valence electrons. The molecule has 1 heterocycles. The average Bonchev–Trinajstić information content (AvgIpc) is 2.58. The molecule has 2 aromatic carbocycles. The minimum atomic E-state index is -0.178. The number of rotatable bonds is 4. The van der Waals surface area contributed by atoms with Crippen molar-refractivity contribution < 1.29 is 9.47 Å². The van der Waals surface area contributed by atoms with E-state index in [9.17, 15) is 4.79 Å². The van der Waals surface area contributed by atoms with Crippen molar-refractivity contribution in [1.29, 1.82) is 0 Å². The molecule has 0 aliphatic rings. The van der Waals surface area contributed by atoms with Crippen molar-refractivity contribution in [2.75, 3.05) is 5.43 Å². The van der Waals surface area contributed by atoms with Gasteiger partial charge < -0.3 is 0 Å². The SMILES string of the molecule is O=C(N[n+]1ccc(Cc2ccccc2)cc1)c1ccc(Cl)cc1. The van der Waals surface area contributed by atoms with Gasteiger partial charge in [0.25, 0.3) is 0 Å². The smallest absolute Gasteiger partial charge is 0.264 e. The second-order valence-electron chi connectivity index (χ2n) is 5.22. The van der Waals surface area contributed by atoms with Crippen LogP contribution in [0, 0.1) is 0 Å². The van der Waals surface area contributed by atoms with Crippen LogP contribution in [0.4, 0.5) is 0 Å². The van der Waals surface area contributed by atoms with Gasteiger partial charge in [-0.15, -0.1) is 5.43 Å². The number of hydrogen-bond donors (Lipinski definition) is 1. The van der Waals surface area contributed by atoms with Crippen LogP contribution in [-0.4, -0.2) is 5.91 Å². The van der Waals surface area contributed by atoms with Gasteiger partial charge in [-0.2, -0.15) is 0 Å². The maximum absolute atomic E-state index is 12.1. The Morgan fingerprint density at radius 2 is 1.48 bits per heavy atom. The van der Waals surface area contributed by atoms with Crippen molar-refractivity contribution in [2.45, 2.75) is 6.42 Å². The number of nitrogens with zero attached hydrogens (tertiary/aromatic N) is 1. The van der Waals surface area contributed by atoms with Gasteiger partial charge >= 0.3 is 5.91 Å². The number of carbonyl (C=O) groups excluding carboxylic acids is 1. The van der Waals surface area contributed by atoms with Crippen molar-refractivity contribution >= 4 is 17.5 Å². The molecule has 0 saturated heterocycles. The van der Waals surface area contributed by atoms with Crippen LogP contribution in [0.2, 0.25) is 5.02 Å². The Hall–Kier alpha value is -2.65. The molecular weight excluding hydrogens is 308 g/mol. The number of nitrogens with one attached hydrogen (secondary N) is 1. The summed E-state index contributed by atoms with van der Waals surface area (Å²) in [5.74, 6) is -0.178. The topological polar surface area (TPSA) is 33.0 Å². The number of halogens is 1. The summed E-state index contributed by atoms with van der Waals surface area (Å²) in [6.45, 7) is 0. The molecule has 0 atom stereocenters. The monoisotopic (exact) mass is 323 g/mol. The standard InChI is InChI=1S/C19H15ClN2O/c20-18-8-6-17(7-9-18)19(23)21-22-12-10-16(11-13-22)14-15-4-2-1-3-5-15/h1-13H,14H2/p+1. The second-order valence-corrected chi connectivity index (χ2v) is 5.66. The van der Waals surface area contributed by atoms with Crippen LogP contribution in [0.5, 0.6) is 0 Å². The molecule has 0 aliphatic carbocycles. The van der Waals surface area contributed by atoms with Crippen LogP contribution in [0.25, 0.3) is 0 Å². The summed E-state index contributed by atoms with van der Waals surface area (Å²) in [5.41, 5.74) is 5.82. The fourth-order valence-corrected chi connectivity index (χ4v) is 2.39. The van der Waals surface area contributed by atoms with Crippen molar-refractivity contribution in [3.63, 3.8) is 0 Å². The van der Waals surface area contributed by atoms with Gasteiger partial charge in [-0.3, -0.25) is 4.79 Å². The summed E-state index contributed by atoms with van der Waals surface area (Å²) in [6, 6.07) is 21.1. The third kappa shape index (κ3) is 4.18. The highest BCUT2D eigenvalue weighted by molar-refractivity contribution is 6.30. The first-order valence-corrected chi connectivity index (χ1v) is 7.69. The minimum Gasteiger partial charge on any atom is -0.264 e. The van der Waals surface area contributed by atoms with E-state index in [0.29, 0.717) is 10.6 Å². The number of carbonyl (C=O) groups is 1. The summed E-state index contributed by atoms with van der Waals surface area (Å²) < 4.78 is 1.64. The van der Waals surface area contributed by atoms with E-state index in [1.54, 1.807) is 28.9 Å². The number of pyridine rings is 1. The third-order valence-electron chi connectivity index (χ3n) is 3.49. The van der Waals surface area contributed by atoms with E-state index >= 15 is 0 Å². The van der Waals surface area contributed by atoms with E-state index < -0.39 is 0 Å². The fourth-order valence-electron chi connectivity index (χ4n) is 2.26. The molecule has 3 nitrogen and oxygen atoms in total. The number of hydrogen-bond acceptors (Lipinski definition) is 1. The lowest BCUT2D eigenvalue weighted by Gasteiger charge is -2.02. The molecule has 0 bridgehead atoms. The van der Waals surface area contributed by atoms with Crippen LogP contribution in [0.3, 0.4) is 0 Å². The molecule has 1 amide bonds. The Bertz CT molecular complexity index is 784. The maximum Gasteiger partial charge on any atom is 0.305 e. The molecule has 0 spiro atoms. The van der Waals surface area contributed by atoms with E-state index in [0.717, 1.165) is 6.42 Å². The molecule has 0 fully saturated rings. The zero-order valence-corrected chi connectivity index (χ0v) is 13.2. The molecule has 0 radical (unpaired) electrons. The Morgan fingerprint density at radius 3 is 2.13 bits per heavy atom. The zero-order valence-electron chi connectivity index (χ0n) is 12.4. The summed E-state index contributed by atoms with van der Waals surface area (Å²) in [5, 5.41) is 0.611. The Morgan fingerprint density at radius 1 is 0.870 bits per heavy atom. The molecular formula is C19H16ClN2O+. The first-order valence-electron chi connectivity index (χ1n) is 7.32. The van der Waals surface area contributed by atoms with Gasteiger partial charge in [0.15, 0.2) is 12.4 Å². The quantitative estimate of drug-likeness (QED) is 0.731. The minimum absolute atomic E-state index is 0.178. The molecule has 1 aromatic heterocycles. The van der Waals surface area contributed by atoms with Crippen LogP contribution in [-0.2, 0) is 6.42 Å². The number of benzene rings is 2. The highest BCUT2D eigenvalue weighted by atomic mass is 35.5. The lowest BCUT2D eigenvalue weighted by molar-refractivity contribution is -0.641. The highest BCUT2D eigenvalue weighted by Gasteiger charge is 2.10. The first kappa shape index (κ1) is 15.3. The Labute approximate surface area is 140 Å². The van der Waals surface area contributed by atoms with Crippen LogP contribution < -0.4 is 10.1 Å². The van der Waals surface area contributed by atoms with Gasteiger partial charge in [0.2, 0.25) is 0 Å². The molecule has 0 saturated carbocycles. The molecule has 0 unspecified atom stereocenters. The van der Waals surface area contributed by atoms with E-state index in [4.69, 9.17) is 11.6 Å². The second kappa shape index (κ2) is 7.07. The summed E-state index contributed by atoms with van der Waals surface area (Å²) in [4.78, 5) is 12.1. The van der Waals surface area contributed by atoms with E-state index in [2.05, 4.69) is 17.6 Å². The Balaban J connectivity index is 1.65. The fraction of sp³-hybridized carbons (Fsp3) is 0.0526. The van der Waals surface area contributed by atoms with Crippen molar-refractivity contribution in [1.82, 2.24) is 0 Å². The molecule has 23 heavy (non-hydrogen) atoms. The van der Waals surface area contributed by atoms with Gasteiger partial charge in [0, 0.05) is 22.7 Å². The van der Waals surface area contributed by atoms with Crippen LogP contribution in [0.1, 0.15) is 21.5 Å². The van der Waals surface area contributed by atoms with Gasteiger partial charge in [0.1, 0.15) is 0 Å². The van der Waals surface area contributed by atoms with Gasteiger partial charge in [0.05, 0.1) is 0 Å². The zero-order chi connectivity index (χ0) is 16.1. The van der Waals surface area contributed by atoms with Gasteiger partial charge in [-0.05, 0) is 41.8 Å². The lowest BCUT2D eigenvalue weighted by Crippen LogP contribution is -2.47. The highest BCUT2D eigenvalue weighted by Crippen LogP contribution is 2.09. The molecule has 3 aromatic rings. The van der Waals surface area contributed by atoms with Crippen LogP contribution in [0.15, 0.2) is 79.1 Å². The molecule has 1 N–H and O–H groups in total. The number of amides is 1. The predicted octanol–water partition coefficient (Wildman–Crippen LogP) is 3.60. The van der Waals surface area contributed by atoms with Crippen molar-refractivity contribution in [2.24, 2.45) is 0 Å². The summed E-state index contributed by atoms with van der Waals surface area (Å²) >= 11 is 5.82. The largest absolute Gasteiger partial charge is 0.305 e. The summed E-state index contributed by atoms with van der Waals surface area (Å²) in [6.07, 6.45) is 4.55. The van der Waals surface area contributed by atoms with E-state index in [1.165, 1.54) is 11.1 Å². The Kier molecular flexibility index (Phi) is 4.69. The first-order chi connectivity index (χ1) is 11.2. The molecule has 4 heteroatoms. The van der Waals surface area contributed by atoms with Crippen molar-refractivity contribution in [3.05, 3.63) is 101 Å². The third-order valence-corrected chi connectivity index (χ3v) is 3.74. The molecule has 0 aliphatic heterocycles. The number of aromatic nitrogens is 1. The van der Waals surface area contributed by atoms with E-state index in [1.807, 2.05) is 42.7 Å². The van der Waals surface area contributed by atoms with E-state index in [-0.39, 0.29) is 5.91 Å². The van der Waals surface area contributed by atoms with Crippen molar-refractivity contribution in [3.8, 4) is 0 Å². The van der Waals surface area contributed by atoms with Gasteiger partial charge in [-0.1, -0.05) is 46.6 Å².